The van der Waals surface area contributed by atoms with Crippen molar-refractivity contribution in [2.75, 3.05) is 6.54 Å². The lowest BCUT2D eigenvalue weighted by molar-refractivity contribution is -0.137. The predicted octanol–water partition coefficient (Wildman–Crippen LogP) is 2.47. The molecule has 0 amide bonds. The van der Waals surface area contributed by atoms with Crippen molar-refractivity contribution < 1.29 is 21.6 Å². The third-order valence-corrected chi connectivity index (χ3v) is 6.05. The first kappa shape index (κ1) is 18.7. The highest BCUT2D eigenvalue weighted by molar-refractivity contribution is 7.89. The smallest absolute Gasteiger partial charge is 0.326 e. The second-order valence-electron chi connectivity index (χ2n) is 5.85. The first-order chi connectivity index (χ1) is 11.1. The van der Waals surface area contributed by atoms with Crippen molar-refractivity contribution in [2.24, 2.45) is 5.73 Å². The second kappa shape index (κ2) is 6.70. The van der Waals surface area contributed by atoms with E-state index in [1.807, 2.05) is 0 Å². The summed E-state index contributed by atoms with van der Waals surface area (Å²) in [6.07, 6.45) is -2.79. The lowest BCUT2D eigenvalue weighted by atomic mass is 10.00. The van der Waals surface area contributed by atoms with Crippen molar-refractivity contribution >= 4 is 10.0 Å². The van der Waals surface area contributed by atoms with Gasteiger partial charge in [0.2, 0.25) is 10.0 Å². The molecule has 1 saturated heterocycles. The van der Waals surface area contributed by atoms with Crippen molar-refractivity contribution in [3.05, 3.63) is 29.3 Å². The summed E-state index contributed by atoms with van der Waals surface area (Å²) < 4.78 is 66.0. The molecule has 2 rings (SSSR count). The molecule has 1 aromatic carbocycles. The van der Waals surface area contributed by atoms with Crippen molar-refractivity contribution in [3.8, 4) is 6.07 Å². The minimum absolute atomic E-state index is 0.218. The number of rotatable bonds is 3. The average Bonchev–Trinajstić information content (AvgIpc) is 2.53. The van der Waals surface area contributed by atoms with Gasteiger partial charge in [-0.15, -0.1) is 0 Å². The van der Waals surface area contributed by atoms with Crippen LogP contribution in [-0.2, 0) is 16.2 Å². The molecule has 0 spiro atoms. The standard InChI is InChI=1S/C15H18F3N3O2S/c1-10(20)14-4-2-3-7-21(14)24(22,23)12-6-5-11(9-19)13(8-12)15(16,17)18/h5-6,8,10,14H,2-4,7,20H2,1H3. The zero-order chi connectivity index (χ0) is 18.1. The van der Waals surface area contributed by atoms with Gasteiger partial charge >= 0.3 is 6.18 Å². The van der Waals surface area contributed by atoms with Gasteiger partial charge in [0, 0.05) is 18.6 Å². The van der Waals surface area contributed by atoms with Crippen LogP contribution in [-0.4, -0.2) is 31.4 Å². The molecule has 1 fully saturated rings. The maximum Gasteiger partial charge on any atom is 0.417 e. The van der Waals surface area contributed by atoms with E-state index < -0.39 is 44.3 Å². The Labute approximate surface area is 138 Å². The highest BCUT2D eigenvalue weighted by Crippen LogP contribution is 2.35. The van der Waals surface area contributed by atoms with Crippen LogP contribution in [0.4, 0.5) is 13.2 Å². The second-order valence-corrected chi connectivity index (χ2v) is 7.75. The molecule has 0 radical (unpaired) electrons. The Morgan fingerprint density at radius 1 is 1.38 bits per heavy atom. The van der Waals surface area contributed by atoms with E-state index in [0.717, 1.165) is 18.6 Å². The number of sulfonamides is 1. The molecule has 2 atom stereocenters. The van der Waals surface area contributed by atoms with Gasteiger partial charge in [0.1, 0.15) is 0 Å². The van der Waals surface area contributed by atoms with Gasteiger partial charge in [-0.25, -0.2) is 8.42 Å². The van der Waals surface area contributed by atoms with Crippen LogP contribution in [0.25, 0.3) is 0 Å². The fourth-order valence-corrected chi connectivity index (χ4v) is 4.71. The number of nitrogens with two attached hydrogens (primary N) is 1. The number of alkyl halides is 3. The van der Waals surface area contributed by atoms with Crippen molar-refractivity contribution in [3.63, 3.8) is 0 Å². The summed E-state index contributed by atoms with van der Waals surface area (Å²) in [5, 5.41) is 8.81. The van der Waals surface area contributed by atoms with E-state index in [1.165, 1.54) is 10.4 Å². The van der Waals surface area contributed by atoms with E-state index in [2.05, 4.69) is 0 Å². The third-order valence-electron chi connectivity index (χ3n) is 4.13. The molecular weight excluding hydrogens is 343 g/mol. The average molecular weight is 361 g/mol. The molecule has 2 unspecified atom stereocenters. The highest BCUT2D eigenvalue weighted by Gasteiger charge is 2.38. The maximum absolute atomic E-state index is 13.1. The minimum Gasteiger partial charge on any atom is -0.326 e. The fourth-order valence-electron chi connectivity index (χ4n) is 2.91. The molecule has 5 nitrogen and oxygen atoms in total. The summed E-state index contributed by atoms with van der Waals surface area (Å²) >= 11 is 0. The Hall–Kier alpha value is -1.63. The van der Waals surface area contributed by atoms with E-state index in [9.17, 15) is 21.6 Å². The van der Waals surface area contributed by atoms with E-state index in [4.69, 9.17) is 11.0 Å². The van der Waals surface area contributed by atoms with Gasteiger partial charge < -0.3 is 5.73 Å². The van der Waals surface area contributed by atoms with Gasteiger partial charge in [0.25, 0.3) is 0 Å². The van der Waals surface area contributed by atoms with E-state index in [0.29, 0.717) is 18.9 Å². The van der Waals surface area contributed by atoms with Crippen LogP contribution < -0.4 is 5.73 Å². The number of benzene rings is 1. The third kappa shape index (κ3) is 3.55. The van der Waals surface area contributed by atoms with Gasteiger partial charge in [-0.3, -0.25) is 0 Å². The Bertz CT molecular complexity index is 754. The normalized spacial score (nSPS) is 21.2. The number of hydrogen-bond acceptors (Lipinski definition) is 4. The quantitative estimate of drug-likeness (QED) is 0.896. The molecule has 0 aromatic heterocycles. The number of hydrogen-bond donors (Lipinski definition) is 1. The van der Waals surface area contributed by atoms with Crippen LogP contribution in [0.2, 0.25) is 0 Å². The van der Waals surface area contributed by atoms with Gasteiger partial charge in [0.15, 0.2) is 0 Å². The first-order valence-corrected chi connectivity index (χ1v) is 8.92. The van der Waals surface area contributed by atoms with Crippen LogP contribution >= 0.6 is 0 Å². The SMILES string of the molecule is CC(N)C1CCCCN1S(=O)(=O)c1ccc(C#N)c(C(F)(F)F)c1. The lowest BCUT2D eigenvalue weighted by Crippen LogP contribution is -2.51. The van der Waals surface area contributed by atoms with Crippen LogP contribution in [0, 0.1) is 11.3 Å². The van der Waals surface area contributed by atoms with Crippen LogP contribution in [0.1, 0.15) is 37.3 Å². The van der Waals surface area contributed by atoms with Crippen LogP contribution in [0.15, 0.2) is 23.1 Å². The maximum atomic E-state index is 13.1. The van der Waals surface area contributed by atoms with Gasteiger partial charge in [0.05, 0.1) is 22.1 Å². The number of nitriles is 1. The molecule has 2 N–H and O–H groups in total. The molecule has 9 heteroatoms. The fraction of sp³-hybridized carbons (Fsp3) is 0.533. The van der Waals surface area contributed by atoms with Gasteiger partial charge in [-0.2, -0.15) is 22.7 Å². The molecule has 1 aliphatic heterocycles. The van der Waals surface area contributed by atoms with E-state index >= 15 is 0 Å². The van der Waals surface area contributed by atoms with Crippen LogP contribution in [0.3, 0.4) is 0 Å². The number of piperidine rings is 1. The minimum atomic E-state index is -4.81. The molecular formula is C15H18F3N3O2S. The highest BCUT2D eigenvalue weighted by atomic mass is 32.2. The van der Waals surface area contributed by atoms with Gasteiger partial charge in [-0.1, -0.05) is 6.42 Å². The largest absolute Gasteiger partial charge is 0.417 e. The van der Waals surface area contributed by atoms with E-state index in [-0.39, 0.29) is 6.54 Å². The van der Waals surface area contributed by atoms with Crippen LogP contribution in [0.5, 0.6) is 0 Å². The van der Waals surface area contributed by atoms with Gasteiger partial charge in [-0.05, 0) is 38.0 Å². The topological polar surface area (TPSA) is 87.2 Å². The van der Waals surface area contributed by atoms with E-state index in [1.54, 1.807) is 6.92 Å². The molecule has 1 aromatic rings. The monoisotopic (exact) mass is 361 g/mol. The zero-order valence-corrected chi connectivity index (χ0v) is 13.9. The molecule has 1 aliphatic rings. The Morgan fingerprint density at radius 2 is 2.04 bits per heavy atom. The van der Waals surface area contributed by atoms with Crippen molar-refractivity contribution in [1.82, 2.24) is 4.31 Å². The summed E-state index contributed by atoms with van der Waals surface area (Å²) in [5.74, 6) is 0. The lowest BCUT2D eigenvalue weighted by Gasteiger charge is -2.37. The van der Waals surface area contributed by atoms with Crippen molar-refractivity contribution in [2.45, 2.75) is 49.3 Å². The summed E-state index contributed by atoms with van der Waals surface area (Å²) in [6, 6.07) is 3.01. The molecule has 0 saturated carbocycles. The number of nitrogens with zero attached hydrogens (tertiary/aromatic N) is 2. The predicted molar refractivity (Wildman–Crippen MR) is 81.3 cm³/mol. The number of halogens is 3. The van der Waals surface area contributed by atoms with Crippen molar-refractivity contribution in [1.29, 1.82) is 5.26 Å². The zero-order valence-electron chi connectivity index (χ0n) is 13.0. The first-order valence-electron chi connectivity index (χ1n) is 7.48. The Kier molecular flexibility index (Phi) is 5.22. The molecule has 132 valence electrons. The Morgan fingerprint density at radius 3 is 2.58 bits per heavy atom. The molecule has 0 aliphatic carbocycles. The molecule has 1 heterocycles. The Balaban J connectivity index is 2.52. The molecule has 0 bridgehead atoms. The summed E-state index contributed by atoms with van der Waals surface area (Å²) in [7, 11) is -4.12. The molecule has 24 heavy (non-hydrogen) atoms. The summed E-state index contributed by atoms with van der Waals surface area (Å²) in [4.78, 5) is -0.471. The summed E-state index contributed by atoms with van der Waals surface area (Å²) in [6.45, 7) is 1.90. The summed E-state index contributed by atoms with van der Waals surface area (Å²) in [5.41, 5.74) is 3.99.